The highest BCUT2D eigenvalue weighted by Gasteiger charge is 2.26. The number of methoxy groups -OCH3 is 1. The van der Waals surface area contributed by atoms with Gasteiger partial charge in [0.2, 0.25) is 0 Å². The Bertz CT molecular complexity index is 831. The van der Waals surface area contributed by atoms with Crippen LogP contribution in [0.5, 0.6) is 5.75 Å². The van der Waals surface area contributed by atoms with Gasteiger partial charge in [-0.1, -0.05) is 72.8 Å². The minimum absolute atomic E-state index is 0.00384. The molecule has 0 heterocycles. The quantitative estimate of drug-likeness (QED) is 0.526. The van der Waals surface area contributed by atoms with E-state index in [1.54, 1.807) is 7.11 Å². The molecule has 0 bridgehead atoms. The number of hydrogen-bond acceptors (Lipinski definition) is 3. The Morgan fingerprint density at radius 1 is 0.724 bits per heavy atom. The van der Waals surface area contributed by atoms with Gasteiger partial charge < -0.3 is 14.6 Å². The molecule has 0 fully saturated rings. The SMILES string of the molecule is COc1ccc(CO[C@@H](C)[C@H](Cc2ccccc2)C(O)Cc2ccccc2)cc1. The summed E-state index contributed by atoms with van der Waals surface area (Å²) in [5.74, 6) is 0.831. The van der Waals surface area contributed by atoms with Gasteiger partial charge in [-0.3, -0.25) is 0 Å². The maximum atomic E-state index is 11.1. The van der Waals surface area contributed by atoms with Crippen LogP contribution in [0, 0.1) is 5.92 Å². The molecule has 3 heteroatoms. The Morgan fingerprint density at radius 2 is 1.28 bits per heavy atom. The lowest BCUT2D eigenvalue weighted by Gasteiger charge is -2.29. The van der Waals surface area contributed by atoms with Crippen molar-refractivity contribution < 1.29 is 14.6 Å². The van der Waals surface area contributed by atoms with Crippen molar-refractivity contribution in [1.82, 2.24) is 0 Å². The summed E-state index contributed by atoms with van der Waals surface area (Å²) in [4.78, 5) is 0. The van der Waals surface area contributed by atoms with Crippen LogP contribution in [0.2, 0.25) is 0 Å². The number of rotatable bonds is 10. The lowest BCUT2D eigenvalue weighted by Crippen LogP contribution is -2.35. The molecule has 3 atom stereocenters. The van der Waals surface area contributed by atoms with E-state index in [0.717, 1.165) is 23.3 Å². The summed E-state index contributed by atoms with van der Waals surface area (Å²) in [5, 5.41) is 11.1. The van der Waals surface area contributed by atoms with E-state index in [2.05, 4.69) is 31.2 Å². The monoisotopic (exact) mass is 390 g/mol. The van der Waals surface area contributed by atoms with Gasteiger partial charge in [-0.25, -0.2) is 0 Å². The molecule has 0 amide bonds. The first kappa shape index (κ1) is 21.1. The standard InChI is InChI=1S/C26H30O3/c1-20(29-19-23-13-15-24(28-2)16-14-23)25(17-21-9-5-3-6-10-21)26(27)18-22-11-7-4-8-12-22/h3-16,20,25-27H,17-19H2,1-2H3/t20-,25-,26?/m0/s1. The smallest absolute Gasteiger partial charge is 0.118 e. The van der Waals surface area contributed by atoms with E-state index in [1.165, 1.54) is 5.56 Å². The first-order valence-corrected chi connectivity index (χ1v) is 10.2. The van der Waals surface area contributed by atoms with Crippen molar-refractivity contribution in [2.24, 2.45) is 5.92 Å². The number of benzene rings is 3. The zero-order chi connectivity index (χ0) is 20.5. The van der Waals surface area contributed by atoms with Crippen molar-refractivity contribution in [2.45, 2.75) is 38.6 Å². The molecule has 0 aromatic heterocycles. The van der Waals surface area contributed by atoms with Crippen LogP contribution in [0.25, 0.3) is 0 Å². The molecule has 0 saturated heterocycles. The average molecular weight is 391 g/mol. The van der Waals surface area contributed by atoms with Crippen LogP contribution in [-0.4, -0.2) is 24.4 Å². The van der Waals surface area contributed by atoms with Gasteiger partial charge in [0.1, 0.15) is 5.75 Å². The highest BCUT2D eigenvalue weighted by Crippen LogP contribution is 2.23. The Labute approximate surface area is 173 Å². The van der Waals surface area contributed by atoms with E-state index in [-0.39, 0.29) is 12.0 Å². The van der Waals surface area contributed by atoms with Gasteiger partial charge in [0.25, 0.3) is 0 Å². The Kier molecular flexibility index (Phi) is 7.85. The fraction of sp³-hybridized carbons (Fsp3) is 0.308. The lowest BCUT2D eigenvalue weighted by atomic mass is 9.86. The molecule has 0 aliphatic heterocycles. The Morgan fingerprint density at radius 3 is 1.83 bits per heavy atom. The zero-order valence-corrected chi connectivity index (χ0v) is 17.2. The molecule has 0 saturated carbocycles. The lowest BCUT2D eigenvalue weighted by molar-refractivity contribution is -0.0346. The summed E-state index contributed by atoms with van der Waals surface area (Å²) in [6.07, 6.45) is 0.826. The van der Waals surface area contributed by atoms with E-state index < -0.39 is 6.10 Å². The molecule has 0 aliphatic rings. The molecule has 0 spiro atoms. The van der Waals surface area contributed by atoms with Crippen LogP contribution in [0.4, 0.5) is 0 Å². The summed E-state index contributed by atoms with van der Waals surface area (Å²) in [5.41, 5.74) is 3.44. The minimum Gasteiger partial charge on any atom is -0.497 e. The molecular formula is C26H30O3. The maximum absolute atomic E-state index is 11.1. The van der Waals surface area contributed by atoms with E-state index in [0.29, 0.717) is 13.0 Å². The number of ether oxygens (including phenoxy) is 2. The van der Waals surface area contributed by atoms with Gasteiger partial charge >= 0.3 is 0 Å². The van der Waals surface area contributed by atoms with Gasteiger partial charge in [-0.2, -0.15) is 0 Å². The van der Waals surface area contributed by atoms with Crippen molar-refractivity contribution in [3.63, 3.8) is 0 Å². The van der Waals surface area contributed by atoms with E-state index in [1.807, 2.05) is 60.7 Å². The molecule has 1 N–H and O–H groups in total. The summed E-state index contributed by atoms with van der Waals surface area (Å²) >= 11 is 0. The Balaban J connectivity index is 1.68. The summed E-state index contributed by atoms with van der Waals surface area (Å²) < 4.78 is 11.4. The van der Waals surface area contributed by atoms with E-state index >= 15 is 0 Å². The van der Waals surface area contributed by atoms with Gasteiger partial charge in [0.15, 0.2) is 0 Å². The topological polar surface area (TPSA) is 38.7 Å². The zero-order valence-electron chi connectivity index (χ0n) is 17.2. The first-order chi connectivity index (χ1) is 14.2. The van der Waals surface area contributed by atoms with Gasteiger partial charge in [0.05, 0.1) is 25.9 Å². The van der Waals surface area contributed by atoms with E-state index in [4.69, 9.17) is 9.47 Å². The third kappa shape index (κ3) is 6.45. The second kappa shape index (κ2) is 10.8. The second-order valence-corrected chi connectivity index (χ2v) is 7.47. The fourth-order valence-corrected chi connectivity index (χ4v) is 3.58. The predicted octanol–water partition coefficient (Wildman–Crippen LogP) is 5.06. The van der Waals surface area contributed by atoms with Crippen molar-refractivity contribution in [1.29, 1.82) is 0 Å². The highest BCUT2D eigenvalue weighted by atomic mass is 16.5. The van der Waals surface area contributed by atoms with Crippen LogP contribution in [0.15, 0.2) is 84.9 Å². The molecule has 0 aliphatic carbocycles. The molecule has 1 unspecified atom stereocenters. The van der Waals surface area contributed by atoms with Crippen LogP contribution in [0.3, 0.4) is 0 Å². The first-order valence-electron chi connectivity index (χ1n) is 10.2. The fourth-order valence-electron chi connectivity index (χ4n) is 3.58. The normalized spacial score (nSPS) is 14.2. The molecule has 3 nitrogen and oxygen atoms in total. The van der Waals surface area contributed by atoms with Crippen LogP contribution < -0.4 is 4.74 Å². The number of aliphatic hydroxyl groups excluding tert-OH is 1. The third-order valence-corrected chi connectivity index (χ3v) is 5.37. The van der Waals surface area contributed by atoms with Crippen LogP contribution >= 0.6 is 0 Å². The molecule has 152 valence electrons. The summed E-state index contributed by atoms with van der Waals surface area (Å²) in [7, 11) is 1.66. The number of hydrogen-bond donors (Lipinski definition) is 1. The molecule has 3 aromatic carbocycles. The van der Waals surface area contributed by atoms with Gasteiger partial charge in [-0.05, 0) is 48.6 Å². The highest BCUT2D eigenvalue weighted by molar-refractivity contribution is 5.26. The molecule has 29 heavy (non-hydrogen) atoms. The van der Waals surface area contributed by atoms with Crippen molar-refractivity contribution in [2.75, 3.05) is 7.11 Å². The van der Waals surface area contributed by atoms with E-state index in [9.17, 15) is 5.11 Å². The minimum atomic E-state index is -0.483. The van der Waals surface area contributed by atoms with Crippen molar-refractivity contribution >= 4 is 0 Å². The van der Waals surface area contributed by atoms with Crippen molar-refractivity contribution in [3.05, 3.63) is 102 Å². The third-order valence-electron chi connectivity index (χ3n) is 5.37. The average Bonchev–Trinajstić information content (AvgIpc) is 2.77. The predicted molar refractivity (Wildman–Crippen MR) is 117 cm³/mol. The molecule has 3 rings (SSSR count). The summed E-state index contributed by atoms with van der Waals surface area (Å²) in [6.45, 7) is 2.57. The summed E-state index contributed by atoms with van der Waals surface area (Å²) in [6, 6.07) is 28.4. The maximum Gasteiger partial charge on any atom is 0.118 e. The molecule has 0 radical (unpaired) electrons. The van der Waals surface area contributed by atoms with Crippen LogP contribution in [0.1, 0.15) is 23.6 Å². The second-order valence-electron chi connectivity index (χ2n) is 7.47. The number of aliphatic hydroxyl groups is 1. The largest absolute Gasteiger partial charge is 0.497 e. The van der Waals surface area contributed by atoms with Gasteiger partial charge in [-0.15, -0.1) is 0 Å². The van der Waals surface area contributed by atoms with Gasteiger partial charge in [0, 0.05) is 5.92 Å². The molecular weight excluding hydrogens is 360 g/mol. The molecule has 3 aromatic rings. The van der Waals surface area contributed by atoms with Crippen molar-refractivity contribution in [3.8, 4) is 5.75 Å². The van der Waals surface area contributed by atoms with Crippen LogP contribution in [-0.2, 0) is 24.2 Å². The Hall–Kier alpha value is -2.62.